The van der Waals surface area contributed by atoms with E-state index in [2.05, 4.69) is 33.0 Å². The highest BCUT2D eigenvalue weighted by molar-refractivity contribution is 5.70. The molecule has 4 heteroatoms. The van der Waals surface area contributed by atoms with E-state index in [1.54, 1.807) is 0 Å². The first-order valence-corrected chi connectivity index (χ1v) is 7.15. The minimum atomic E-state index is -0.101. The molecule has 0 bridgehead atoms. The maximum Gasteiger partial charge on any atom is 0.410 e. The average Bonchev–Trinajstić information content (AvgIpc) is 3.01. The van der Waals surface area contributed by atoms with Gasteiger partial charge in [-0.05, 0) is 45.6 Å². The number of carbonyl (C=O) groups is 1. The van der Waals surface area contributed by atoms with Crippen molar-refractivity contribution in [1.29, 1.82) is 0 Å². The van der Waals surface area contributed by atoms with Crippen molar-refractivity contribution in [2.24, 2.45) is 5.92 Å². The van der Waals surface area contributed by atoms with Gasteiger partial charge in [-0.2, -0.15) is 0 Å². The smallest absolute Gasteiger partial charge is 0.410 e. The van der Waals surface area contributed by atoms with E-state index in [-0.39, 0.29) is 17.7 Å². The molecule has 1 heterocycles. The van der Waals surface area contributed by atoms with Crippen LogP contribution >= 0.6 is 0 Å². The summed E-state index contributed by atoms with van der Waals surface area (Å²) >= 11 is 0. The lowest BCUT2D eigenvalue weighted by atomic mass is 9.88. The number of rotatable bonds is 6. The molecule has 1 aliphatic heterocycles. The van der Waals surface area contributed by atoms with Crippen molar-refractivity contribution in [1.82, 2.24) is 10.2 Å². The predicted molar refractivity (Wildman–Crippen MR) is 71.5 cm³/mol. The van der Waals surface area contributed by atoms with Gasteiger partial charge in [0.1, 0.15) is 6.10 Å². The second kappa shape index (κ2) is 5.08. The second-order valence-electron chi connectivity index (χ2n) is 6.40. The van der Waals surface area contributed by atoms with E-state index in [9.17, 15) is 4.79 Å². The Morgan fingerprint density at radius 2 is 2.17 bits per heavy atom. The van der Waals surface area contributed by atoms with E-state index in [1.165, 1.54) is 0 Å². The minimum Gasteiger partial charge on any atom is -0.444 e. The fourth-order valence-electron chi connectivity index (χ4n) is 2.97. The van der Waals surface area contributed by atoms with Crippen LogP contribution in [0.2, 0.25) is 0 Å². The Balaban J connectivity index is 1.86. The number of ether oxygens (including phenoxy) is 1. The standard InChI is InChI=1S/C14H26N2O2/c1-5-15-14(3,4)8-10(2)12-9-16(11-6-7-11)13(17)18-12/h10-12,15H,5-9H2,1-4H3. The predicted octanol–water partition coefficient (Wildman–Crippen LogP) is 2.38. The third-order valence-electron chi connectivity index (χ3n) is 3.97. The van der Waals surface area contributed by atoms with Crippen molar-refractivity contribution in [3.63, 3.8) is 0 Å². The van der Waals surface area contributed by atoms with Gasteiger partial charge in [0, 0.05) is 11.6 Å². The van der Waals surface area contributed by atoms with E-state index < -0.39 is 0 Å². The normalized spacial score (nSPS) is 26.3. The Morgan fingerprint density at radius 1 is 1.50 bits per heavy atom. The minimum absolute atomic E-state index is 0.0658. The first-order chi connectivity index (χ1) is 8.43. The van der Waals surface area contributed by atoms with Crippen molar-refractivity contribution in [2.75, 3.05) is 13.1 Å². The summed E-state index contributed by atoms with van der Waals surface area (Å²) in [6.45, 7) is 10.5. The highest BCUT2D eigenvalue weighted by Gasteiger charge is 2.43. The molecule has 0 spiro atoms. The van der Waals surface area contributed by atoms with Crippen LogP contribution < -0.4 is 5.32 Å². The van der Waals surface area contributed by atoms with Crippen molar-refractivity contribution in [3.05, 3.63) is 0 Å². The van der Waals surface area contributed by atoms with Crippen LogP contribution in [0.4, 0.5) is 4.79 Å². The largest absolute Gasteiger partial charge is 0.444 e. The van der Waals surface area contributed by atoms with Crippen molar-refractivity contribution in [3.8, 4) is 0 Å². The van der Waals surface area contributed by atoms with Crippen LogP contribution in [-0.4, -0.2) is 41.8 Å². The number of amides is 1. The van der Waals surface area contributed by atoms with Gasteiger partial charge in [-0.25, -0.2) is 4.79 Å². The highest BCUT2D eigenvalue weighted by Crippen LogP contribution is 2.33. The van der Waals surface area contributed by atoms with Crippen LogP contribution in [0.15, 0.2) is 0 Å². The summed E-state index contributed by atoms with van der Waals surface area (Å²) in [6.07, 6.45) is 3.29. The van der Waals surface area contributed by atoms with Gasteiger partial charge in [0.05, 0.1) is 6.54 Å². The van der Waals surface area contributed by atoms with E-state index in [0.717, 1.165) is 32.4 Å². The van der Waals surface area contributed by atoms with Crippen LogP contribution in [0.5, 0.6) is 0 Å². The Labute approximate surface area is 110 Å². The Kier molecular flexibility index (Phi) is 3.85. The van der Waals surface area contributed by atoms with Crippen LogP contribution in [-0.2, 0) is 4.74 Å². The van der Waals surface area contributed by atoms with Gasteiger partial charge >= 0.3 is 6.09 Å². The summed E-state index contributed by atoms with van der Waals surface area (Å²) in [5, 5.41) is 3.48. The molecule has 18 heavy (non-hydrogen) atoms. The maximum absolute atomic E-state index is 11.8. The summed E-state index contributed by atoms with van der Waals surface area (Å²) in [6, 6.07) is 0.469. The van der Waals surface area contributed by atoms with Crippen LogP contribution in [0.1, 0.15) is 47.0 Å². The molecule has 0 aromatic carbocycles. The molecule has 1 saturated carbocycles. The third-order valence-corrected chi connectivity index (χ3v) is 3.97. The number of cyclic esters (lactones) is 1. The molecule has 104 valence electrons. The summed E-state index contributed by atoms with van der Waals surface area (Å²) in [5.41, 5.74) is 0.105. The molecule has 1 amide bonds. The first-order valence-electron chi connectivity index (χ1n) is 7.15. The molecule has 1 N–H and O–H groups in total. The molecule has 2 aliphatic rings. The zero-order valence-corrected chi connectivity index (χ0v) is 12.0. The number of hydrogen-bond acceptors (Lipinski definition) is 3. The SMILES string of the molecule is CCNC(C)(C)CC(C)C1CN(C2CC2)C(=O)O1. The summed E-state index contributed by atoms with van der Waals surface area (Å²) < 4.78 is 5.52. The van der Waals surface area contributed by atoms with E-state index in [0.29, 0.717) is 12.0 Å². The molecule has 1 saturated heterocycles. The molecule has 0 aromatic heterocycles. The molecule has 2 rings (SSSR count). The molecule has 0 radical (unpaired) electrons. The van der Waals surface area contributed by atoms with Crippen molar-refractivity contribution >= 4 is 6.09 Å². The lowest BCUT2D eigenvalue weighted by Crippen LogP contribution is -2.42. The van der Waals surface area contributed by atoms with Gasteiger partial charge in [0.2, 0.25) is 0 Å². The number of nitrogens with one attached hydrogen (secondary N) is 1. The molecule has 1 aliphatic carbocycles. The molecule has 4 nitrogen and oxygen atoms in total. The number of hydrogen-bond donors (Lipinski definition) is 1. The zero-order valence-electron chi connectivity index (χ0n) is 12.0. The van der Waals surface area contributed by atoms with Gasteiger partial charge < -0.3 is 15.0 Å². The number of nitrogens with zero attached hydrogens (tertiary/aromatic N) is 1. The second-order valence-corrected chi connectivity index (χ2v) is 6.40. The van der Waals surface area contributed by atoms with Gasteiger partial charge in [0.15, 0.2) is 0 Å². The van der Waals surface area contributed by atoms with E-state index >= 15 is 0 Å². The van der Waals surface area contributed by atoms with E-state index in [1.807, 2.05) is 4.90 Å². The Bertz CT molecular complexity index is 313. The van der Waals surface area contributed by atoms with Crippen molar-refractivity contribution in [2.45, 2.75) is 64.6 Å². The summed E-state index contributed by atoms with van der Waals surface area (Å²) in [7, 11) is 0. The number of carbonyl (C=O) groups excluding carboxylic acids is 1. The molecule has 2 atom stereocenters. The molecular weight excluding hydrogens is 228 g/mol. The first kappa shape index (κ1) is 13.7. The lowest BCUT2D eigenvalue weighted by molar-refractivity contribution is 0.0948. The lowest BCUT2D eigenvalue weighted by Gasteiger charge is -2.30. The zero-order chi connectivity index (χ0) is 13.3. The Hall–Kier alpha value is -0.770. The maximum atomic E-state index is 11.8. The monoisotopic (exact) mass is 254 g/mol. The average molecular weight is 254 g/mol. The van der Waals surface area contributed by atoms with Gasteiger partial charge in [-0.1, -0.05) is 13.8 Å². The summed E-state index contributed by atoms with van der Waals surface area (Å²) in [4.78, 5) is 13.7. The molecule has 2 unspecified atom stereocenters. The third kappa shape index (κ3) is 3.16. The topological polar surface area (TPSA) is 41.6 Å². The summed E-state index contributed by atoms with van der Waals surface area (Å²) in [5.74, 6) is 0.395. The fourth-order valence-corrected chi connectivity index (χ4v) is 2.97. The highest BCUT2D eigenvalue weighted by atomic mass is 16.6. The van der Waals surface area contributed by atoms with Crippen molar-refractivity contribution < 1.29 is 9.53 Å². The van der Waals surface area contributed by atoms with Gasteiger partial charge in [0.25, 0.3) is 0 Å². The Morgan fingerprint density at radius 3 is 2.72 bits per heavy atom. The van der Waals surface area contributed by atoms with Crippen LogP contribution in [0.25, 0.3) is 0 Å². The van der Waals surface area contributed by atoms with Crippen LogP contribution in [0, 0.1) is 5.92 Å². The van der Waals surface area contributed by atoms with Crippen LogP contribution in [0.3, 0.4) is 0 Å². The fraction of sp³-hybridized carbons (Fsp3) is 0.929. The van der Waals surface area contributed by atoms with Gasteiger partial charge in [-0.15, -0.1) is 0 Å². The van der Waals surface area contributed by atoms with Gasteiger partial charge in [-0.3, -0.25) is 0 Å². The molecule has 2 fully saturated rings. The quantitative estimate of drug-likeness (QED) is 0.791. The molecule has 0 aromatic rings. The van der Waals surface area contributed by atoms with E-state index in [4.69, 9.17) is 4.74 Å². The molecular formula is C14H26N2O2.